The van der Waals surface area contributed by atoms with Crippen LogP contribution in [0.1, 0.15) is 27.2 Å². The van der Waals surface area contributed by atoms with Crippen LogP contribution >= 0.6 is 11.3 Å². The Kier molecular flexibility index (Phi) is 5.15. The molecule has 1 saturated heterocycles. The third-order valence-corrected chi connectivity index (χ3v) is 5.99. The molecule has 1 atom stereocenters. The minimum atomic E-state index is -0.159. The van der Waals surface area contributed by atoms with Gasteiger partial charge in [-0.05, 0) is 37.6 Å². The van der Waals surface area contributed by atoms with Crippen molar-refractivity contribution in [3.8, 4) is 5.75 Å². The smallest absolute Gasteiger partial charge is 0.251 e. The molecule has 28 heavy (non-hydrogen) atoms. The van der Waals surface area contributed by atoms with E-state index in [0.717, 1.165) is 33.7 Å². The van der Waals surface area contributed by atoms with E-state index in [1.54, 1.807) is 36.8 Å². The Morgan fingerprint density at radius 2 is 2.18 bits per heavy atom. The number of rotatable bonds is 5. The number of hydrogen-bond acceptors (Lipinski definition) is 7. The highest BCUT2D eigenvalue weighted by Gasteiger charge is 2.21. The van der Waals surface area contributed by atoms with Gasteiger partial charge in [-0.2, -0.15) is 0 Å². The molecule has 3 aromatic rings. The lowest BCUT2D eigenvalue weighted by atomic mass is 10.1. The lowest BCUT2D eigenvalue weighted by molar-refractivity contribution is 0.0962. The molecule has 146 valence electrons. The van der Waals surface area contributed by atoms with E-state index in [2.05, 4.69) is 34.4 Å². The van der Waals surface area contributed by atoms with Gasteiger partial charge in [0.2, 0.25) is 0 Å². The number of hydrogen-bond donors (Lipinski definition) is 2. The van der Waals surface area contributed by atoms with Gasteiger partial charge in [0.1, 0.15) is 28.8 Å². The number of benzene rings is 1. The number of amides is 1. The molecule has 0 radical (unpaired) electrons. The molecule has 0 bridgehead atoms. The van der Waals surface area contributed by atoms with Crippen molar-refractivity contribution in [1.82, 2.24) is 15.3 Å². The van der Waals surface area contributed by atoms with Crippen molar-refractivity contribution in [1.29, 1.82) is 0 Å². The lowest BCUT2D eigenvalue weighted by Crippen LogP contribution is -2.19. The fourth-order valence-corrected chi connectivity index (χ4v) is 4.20. The highest BCUT2D eigenvalue weighted by Crippen LogP contribution is 2.36. The molecule has 7 nitrogen and oxygen atoms in total. The summed E-state index contributed by atoms with van der Waals surface area (Å²) >= 11 is 1.65. The number of aromatic nitrogens is 2. The summed E-state index contributed by atoms with van der Waals surface area (Å²) in [4.78, 5) is 23.1. The van der Waals surface area contributed by atoms with E-state index in [1.807, 2.05) is 6.07 Å². The van der Waals surface area contributed by atoms with Gasteiger partial charge >= 0.3 is 0 Å². The first-order chi connectivity index (χ1) is 13.6. The van der Waals surface area contributed by atoms with Gasteiger partial charge in [-0.15, -0.1) is 11.3 Å². The zero-order chi connectivity index (χ0) is 19.7. The summed E-state index contributed by atoms with van der Waals surface area (Å²) in [6.07, 6.45) is 2.35. The molecular formula is C20H22N4O3S. The van der Waals surface area contributed by atoms with Gasteiger partial charge in [-0.3, -0.25) is 4.79 Å². The Balaban J connectivity index is 1.73. The zero-order valence-corrected chi connectivity index (χ0v) is 16.9. The number of ether oxygens (including phenoxy) is 2. The molecule has 8 heteroatoms. The predicted octanol–water partition coefficient (Wildman–Crippen LogP) is 3.58. The fourth-order valence-electron chi connectivity index (χ4n) is 3.20. The van der Waals surface area contributed by atoms with Crippen LogP contribution in [0.25, 0.3) is 10.2 Å². The monoisotopic (exact) mass is 398 g/mol. The minimum Gasteiger partial charge on any atom is -0.486 e. The van der Waals surface area contributed by atoms with E-state index < -0.39 is 0 Å². The van der Waals surface area contributed by atoms with Crippen molar-refractivity contribution in [2.45, 2.75) is 26.4 Å². The highest BCUT2D eigenvalue weighted by atomic mass is 32.1. The molecule has 2 aromatic heterocycles. The second kappa shape index (κ2) is 7.73. The third-order valence-electron chi connectivity index (χ3n) is 4.87. The first-order valence-electron chi connectivity index (χ1n) is 9.15. The van der Waals surface area contributed by atoms with Crippen molar-refractivity contribution in [3.63, 3.8) is 0 Å². The van der Waals surface area contributed by atoms with E-state index in [9.17, 15) is 4.79 Å². The maximum atomic E-state index is 12.1. The number of anilines is 2. The largest absolute Gasteiger partial charge is 0.486 e. The molecule has 1 aliphatic rings. The van der Waals surface area contributed by atoms with Crippen LogP contribution in [-0.4, -0.2) is 42.2 Å². The molecule has 1 amide bonds. The Morgan fingerprint density at radius 3 is 2.93 bits per heavy atom. The number of nitrogens with one attached hydrogen (secondary N) is 2. The van der Waals surface area contributed by atoms with Crippen molar-refractivity contribution < 1.29 is 14.3 Å². The lowest BCUT2D eigenvalue weighted by Gasteiger charge is -2.18. The van der Waals surface area contributed by atoms with Crippen LogP contribution in [0.5, 0.6) is 5.75 Å². The third kappa shape index (κ3) is 3.53. The predicted molar refractivity (Wildman–Crippen MR) is 110 cm³/mol. The Morgan fingerprint density at radius 1 is 1.32 bits per heavy atom. The SMILES string of the molecule is CNC(=O)c1ccc(Nc2ncnc3sc(C)c(C)c23)c(OC2CCOC2)c1. The van der Waals surface area contributed by atoms with Gasteiger partial charge in [0.25, 0.3) is 5.91 Å². The molecule has 1 fully saturated rings. The number of nitrogens with zero attached hydrogens (tertiary/aromatic N) is 2. The Labute approximate surface area is 167 Å². The van der Waals surface area contributed by atoms with Crippen LogP contribution in [0.15, 0.2) is 24.5 Å². The molecule has 1 unspecified atom stereocenters. The standard InChI is InChI=1S/C20H22N4O3S/c1-11-12(2)28-20-17(11)18(22-10-23-20)24-15-5-4-13(19(25)21-3)8-16(15)27-14-6-7-26-9-14/h4-5,8,10,14H,6-7,9H2,1-3H3,(H,21,25)(H,22,23,24). The zero-order valence-electron chi connectivity index (χ0n) is 16.0. The summed E-state index contributed by atoms with van der Waals surface area (Å²) in [5.41, 5.74) is 2.46. The van der Waals surface area contributed by atoms with Crippen molar-refractivity contribution in [3.05, 3.63) is 40.5 Å². The Bertz CT molecular complexity index is 1030. The summed E-state index contributed by atoms with van der Waals surface area (Å²) < 4.78 is 11.6. The van der Waals surface area contributed by atoms with Crippen molar-refractivity contribution >= 4 is 39.0 Å². The molecule has 0 spiro atoms. The van der Waals surface area contributed by atoms with Gasteiger partial charge in [-0.25, -0.2) is 9.97 Å². The second-order valence-corrected chi connectivity index (χ2v) is 7.91. The van der Waals surface area contributed by atoms with Gasteiger partial charge in [0.15, 0.2) is 0 Å². The minimum absolute atomic E-state index is 0.0315. The van der Waals surface area contributed by atoms with E-state index in [0.29, 0.717) is 24.5 Å². The fraction of sp³-hybridized carbons (Fsp3) is 0.350. The molecule has 0 aliphatic carbocycles. The molecular weight excluding hydrogens is 376 g/mol. The maximum absolute atomic E-state index is 12.1. The van der Waals surface area contributed by atoms with Crippen LogP contribution in [0, 0.1) is 13.8 Å². The van der Waals surface area contributed by atoms with Crippen LogP contribution < -0.4 is 15.4 Å². The normalized spacial score (nSPS) is 16.3. The number of aryl methyl sites for hydroxylation is 2. The van der Waals surface area contributed by atoms with Crippen LogP contribution in [0.4, 0.5) is 11.5 Å². The van der Waals surface area contributed by atoms with E-state index in [-0.39, 0.29) is 12.0 Å². The first kappa shape index (κ1) is 18.6. The topological polar surface area (TPSA) is 85.4 Å². The van der Waals surface area contributed by atoms with Crippen LogP contribution in [-0.2, 0) is 4.74 Å². The quantitative estimate of drug-likeness (QED) is 0.683. The van der Waals surface area contributed by atoms with E-state index >= 15 is 0 Å². The number of thiophene rings is 1. The molecule has 0 saturated carbocycles. The highest BCUT2D eigenvalue weighted by molar-refractivity contribution is 7.18. The van der Waals surface area contributed by atoms with Gasteiger partial charge < -0.3 is 20.1 Å². The number of fused-ring (bicyclic) bond motifs is 1. The van der Waals surface area contributed by atoms with Crippen LogP contribution in [0.3, 0.4) is 0 Å². The van der Waals surface area contributed by atoms with Crippen molar-refractivity contribution in [2.75, 3.05) is 25.6 Å². The molecule has 2 N–H and O–H groups in total. The molecule has 1 aromatic carbocycles. The van der Waals surface area contributed by atoms with Crippen LogP contribution in [0.2, 0.25) is 0 Å². The summed E-state index contributed by atoms with van der Waals surface area (Å²) in [7, 11) is 1.61. The summed E-state index contributed by atoms with van der Waals surface area (Å²) in [6, 6.07) is 5.37. The second-order valence-electron chi connectivity index (χ2n) is 6.70. The summed E-state index contributed by atoms with van der Waals surface area (Å²) in [5.74, 6) is 1.17. The maximum Gasteiger partial charge on any atom is 0.251 e. The average Bonchev–Trinajstić information content (AvgIpc) is 3.31. The van der Waals surface area contributed by atoms with Gasteiger partial charge in [0, 0.05) is 23.9 Å². The molecule has 3 heterocycles. The Hall–Kier alpha value is -2.71. The van der Waals surface area contributed by atoms with Gasteiger partial charge in [0.05, 0.1) is 24.3 Å². The van der Waals surface area contributed by atoms with Gasteiger partial charge in [-0.1, -0.05) is 0 Å². The summed E-state index contributed by atoms with van der Waals surface area (Å²) in [5, 5.41) is 7.04. The molecule has 1 aliphatic heterocycles. The summed E-state index contributed by atoms with van der Waals surface area (Å²) in [6.45, 7) is 5.38. The number of carbonyl (C=O) groups excluding carboxylic acids is 1. The van der Waals surface area contributed by atoms with E-state index in [1.165, 1.54) is 4.88 Å². The average molecular weight is 398 g/mol. The molecule has 4 rings (SSSR count). The first-order valence-corrected chi connectivity index (χ1v) is 9.96. The van der Waals surface area contributed by atoms with Crippen molar-refractivity contribution in [2.24, 2.45) is 0 Å². The van der Waals surface area contributed by atoms with E-state index in [4.69, 9.17) is 9.47 Å². The number of carbonyl (C=O) groups is 1.